The Labute approximate surface area is 150 Å². The Balaban J connectivity index is 1.98. The molecule has 2 aromatic rings. The SMILES string of the molecule is C/C(=C\Cc1c(O)ccc2c1OC[C@H](c1ccc(O)cc1O)C2=O)CO. The van der Waals surface area contributed by atoms with E-state index in [-0.39, 0.29) is 36.2 Å². The first kappa shape index (κ1) is 17.8. The third-order valence-corrected chi connectivity index (χ3v) is 4.51. The van der Waals surface area contributed by atoms with Crippen molar-refractivity contribution in [3.8, 4) is 23.0 Å². The molecular weight excluding hydrogens is 336 g/mol. The molecule has 0 saturated carbocycles. The Morgan fingerprint density at radius 1 is 1.19 bits per heavy atom. The highest BCUT2D eigenvalue weighted by molar-refractivity contribution is 6.05. The van der Waals surface area contributed by atoms with Gasteiger partial charge >= 0.3 is 0 Å². The quantitative estimate of drug-likeness (QED) is 0.628. The lowest BCUT2D eigenvalue weighted by Crippen LogP contribution is -2.26. The molecule has 0 saturated heterocycles. The molecule has 1 atom stereocenters. The highest BCUT2D eigenvalue weighted by Gasteiger charge is 2.33. The molecule has 1 heterocycles. The van der Waals surface area contributed by atoms with Crippen LogP contribution in [0.1, 0.15) is 34.3 Å². The highest BCUT2D eigenvalue weighted by atomic mass is 16.5. The van der Waals surface area contributed by atoms with E-state index in [0.717, 1.165) is 5.57 Å². The van der Waals surface area contributed by atoms with Crippen molar-refractivity contribution in [2.24, 2.45) is 0 Å². The second-order valence-electron chi connectivity index (χ2n) is 6.32. The molecule has 2 aromatic carbocycles. The van der Waals surface area contributed by atoms with Crippen LogP contribution in [0.3, 0.4) is 0 Å². The van der Waals surface area contributed by atoms with Crippen molar-refractivity contribution in [2.75, 3.05) is 13.2 Å². The summed E-state index contributed by atoms with van der Waals surface area (Å²) in [6.07, 6.45) is 2.09. The molecule has 0 unspecified atom stereocenters. The van der Waals surface area contributed by atoms with Crippen LogP contribution in [-0.4, -0.2) is 39.4 Å². The molecule has 1 aliphatic rings. The van der Waals surface area contributed by atoms with Gasteiger partial charge in [-0.2, -0.15) is 0 Å². The predicted molar refractivity (Wildman–Crippen MR) is 95.0 cm³/mol. The summed E-state index contributed by atoms with van der Waals surface area (Å²) in [6.45, 7) is 1.70. The Hall–Kier alpha value is -2.99. The van der Waals surface area contributed by atoms with E-state index in [2.05, 4.69) is 0 Å². The number of phenols is 3. The summed E-state index contributed by atoms with van der Waals surface area (Å²) < 4.78 is 5.78. The van der Waals surface area contributed by atoms with E-state index in [0.29, 0.717) is 28.9 Å². The summed E-state index contributed by atoms with van der Waals surface area (Å²) in [6, 6.07) is 7.03. The van der Waals surface area contributed by atoms with Gasteiger partial charge in [0.1, 0.15) is 29.6 Å². The summed E-state index contributed by atoms with van der Waals surface area (Å²) in [5.74, 6) is -0.840. The third-order valence-electron chi connectivity index (χ3n) is 4.51. The van der Waals surface area contributed by atoms with E-state index in [1.54, 1.807) is 13.0 Å². The summed E-state index contributed by atoms with van der Waals surface area (Å²) in [5.41, 5.74) is 1.94. The lowest BCUT2D eigenvalue weighted by atomic mass is 9.87. The van der Waals surface area contributed by atoms with Gasteiger partial charge in [-0.1, -0.05) is 17.7 Å². The summed E-state index contributed by atoms with van der Waals surface area (Å²) in [5, 5.41) is 38.7. The van der Waals surface area contributed by atoms with Gasteiger partial charge in [0.25, 0.3) is 0 Å². The number of phenolic OH excluding ortho intramolecular Hbond substituents is 3. The Kier molecular flexibility index (Phi) is 4.86. The number of hydrogen-bond acceptors (Lipinski definition) is 6. The highest BCUT2D eigenvalue weighted by Crippen LogP contribution is 2.41. The van der Waals surface area contributed by atoms with Gasteiger partial charge in [-0.05, 0) is 31.5 Å². The van der Waals surface area contributed by atoms with Crippen LogP contribution in [0.15, 0.2) is 42.0 Å². The van der Waals surface area contributed by atoms with Crippen LogP contribution >= 0.6 is 0 Å². The van der Waals surface area contributed by atoms with Gasteiger partial charge < -0.3 is 25.2 Å². The molecule has 1 aliphatic heterocycles. The van der Waals surface area contributed by atoms with E-state index in [1.165, 1.54) is 30.3 Å². The maximum Gasteiger partial charge on any atom is 0.177 e. The average Bonchev–Trinajstić information content (AvgIpc) is 2.61. The predicted octanol–water partition coefficient (Wildman–Crippen LogP) is 2.64. The number of Topliss-reactive ketones (excluding diaryl/α,β-unsaturated/α-hetero) is 1. The molecule has 0 aromatic heterocycles. The first-order chi connectivity index (χ1) is 12.4. The maximum absolute atomic E-state index is 12.9. The third kappa shape index (κ3) is 3.23. The second-order valence-corrected chi connectivity index (χ2v) is 6.32. The summed E-state index contributed by atoms with van der Waals surface area (Å²) >= 11 is 0. The van der Waals surface area contributed by atoms with E-state index in [1.807, 2.05) is 0 Å². The number of aliphatic hydroxyl groups is 1. The Morgan fingerprint density at radius 2 is 1.96 bits per heavy atom. The van der Waals surface area contributed by atoms with Crippen LogP contribution in [0.4, 0.5) is 0 Å². The van der Waals surface area contributed by atoms with Gasteiger partial charge in [-0.25, -0.2) is 0 Å². The minimum atomic E-state index is -0.699. The van der Waals surface area contributed by atoms with Gasteiger partial charge in [0.05, 0.1) is 18.1 Å². The van der Waals surface area contributed by atoms with Crippen molar-refractivity contribution in [3.63, 3.8) is 0 Å². The van der Waals surface area contributed by atoms with Crippen LogP contribution in [0.5, 0.6) is 23.0 Å². The molecule has 0 radical (unpaired) electrons. The Morgan fingerprint density at radius 3 is 2.65 bits per heavy atom. The number of rotatable bonds is 4. The molecule has 0 amide bonds. The van der Waals surface area contributed by atoms with Crippen molar-refractivity contribution >= 4 is 5.78 Å². The molecule has 6 heteroatoms. The zero-order valence-electron chi connectivity index (χ0n) is 14.3. The number of carbonyl (C=O) groups is 1. The standard InChI is InChI=1S/C20H20O6/c1-11(9-21)2-4-14-17(23)7-6-15-19(25)16(10-26-20(14)15)13-5-3-12(22)8-18(13)24/h2-3,5-8,16,21-24H,4,9-10H2,1H3/b11-2+/t16-/m1/s1. The first-order valence-electron chi connectivity index (χ1n) is 8.22. The smallest absolute Gasteiger partial charge is 0.177 e. The van der Waals surface area contributed by atoms with Gasteiger partial charge in [0, 0.05) is 17.2 Å². The van der Waals surface area contributed by atoms with E-state index in [9.17, 15) is 20.1 Å². The molecule has 3 rings (SSSR count). The maximum atomic E-state index is 12.9. The van der Waals surface area contributed by atoms with Crippen molar-refractivity contribution < 1.29 is 30.0 Å². The second kappa shape index (κ2) is 7.09. The van der Waals surface area contributed by atoms with Crippen LogP contribution in [0.2, 0.25) is 0 Å². The van der Waals surface area contributed by atoms with Gasteiger partial charge in [0.15, 0.2) is 5.78 Å². The number of ether oxygens (including phenoxy) is 1. The molecule has 0 fully saturated rings. The normalized spacial score (nSPS) is 16.9. The fourth-order valence-electron chi connectivity index (χ4n) is 3.00. The number of hydrogen-bond donors (Lipinski definition) is 4. The molecule has 136 valence electrons. The van der Waals surface area contributed by atoms with Crippen LogP contribution in [0, 0.1) is 0 Å². The minimum Gasteiger partial charge on any atom is -0.508 e. The lowest BCUT2D eigenvalue weighted by molar-refractivity contribution is 0.0892. The number of aromatic hydroxyl groups is 3. The zero-order chi connectivity index (χ0) is 18.8. The number of allylic oxidation sites excluding steroid dienone is 1. The zero-order valence-corrected chi connectivity index (χ0v) is 14.3. The van der Waals surface area contributed by atoms with Crippen molar-refractivity contribution in [1.29, 1.82) is 0 Å². The molecule has 0 bridgehead atoms. The number of benzene rings is 2. The molecular formula is C20H20O6. The largest absolute Gasteiger partial charge is 0.508 e. The molecule has 0 aliphatic carbocycles. The van der Waals surface area contributed by atoms with Crippen LogP contribution < -0.4 is 4.74 Å². The van der Waals surface area contributed by atoms with Gasteiger partial charge in [0.2, 0.25) is 0 Å². The number of fused-ring (bicyclic) bond motifs is 1. The molecule has 0 spiro atoms. The van der Waals surface area contributed by atoms with Crippen LogP contribution in [0.25, 0.3) is 0 Å². The lowest BCUT2D eigenvalue weighted by Gasteiger charge is -2.27. The molecule has 26 heavy (non-hydrogen) atoms. The number of carbonyl (C=O) groups excluding carboxylic acids is 1. The fraction of sp³-hybridized carbons (Fsp3) is 0.250. The Bertz CT molecular complexity index is 884. The van der Waals surface area contributed by atoms with E-state index >= 15 is 0 Å². The number of ketones is 1. The van der Waals surface area contributed by atoms with E-state index < -0.39 is 5.92 Å². The van der Waals surface area contributed by atoms with E-state index in [4.69, 9.17) is 9.84 Å². The van der Waals surface area contributed by atoms with Crippen molar-refractivity contribution in [3.05, 3.63) is 58.7 Å². The molecule has 4 N–H and O–H groups in total. The fourth-order valence-corrected chi connectivity index (χ4v) is 3.00. The number of aliphatic hydroxyl groups excluding tert-OH is 1. The first-order valence-corrected chi connectivity index (χ1v) is 8.22. The van der Waals surface area contributed by atoms with Crippen molar-refractivity contribution in [2.45, 2.75) is 19.3 Å². The summed E-state index contributed by atoms with van der Waals surface area (Å²) in [7, 11) is 0. The average molecular weight is 356 g/mol. The van der Waals surface area contributed by atoms with Gasteiger partial charge in [-0.15, -0.1) is 0 Å². The van der Waals surface area contributed by atoms with Crippen LogP contribution in [-0.2, 0) is 6.42 Å². The monoisotopic (exact) mass is 356 g/mol. The topological polar surface area (TPSA) is 107 Å². The summed E-state index contributed by atoms with van der Waals surface area (Å²) in [4.78, 5) is 12.9. The van der Waals surface area contributed by atoms with Gasteiger partial charge in [-0.3, -0.25) is 4.79 Å². The minimum absolute atomic E-state index is 0.0172. The molecule has 6 nitrogen and oxygen atoms in total. The van der Waals surface area contributed by atoms with Crippen molar-refractivity contribution in [1.82, 2.24) is 0 Å².